The van der Waals surface area contributed by atoms with Crippen LogP contribution in [0.15, 0.2) is 5.16 Å². The van der Waals surface area contributed by atoms with Gasteiger partial charge in [-0.1, -0.05) is 25.1 Å². The molecule has 0 saturated heterocycles. The molecule has 0 aromatic carbocycles. The van der Waals surface area contributed by atoms with Crippen LogP contribution < -0.4 is 5.32 Å². The summed E-state index contributed by atoms with van der Waals surface area (Å²) < 4.78 is 2.15. The predicted octanol–water partition coefficient (Wildman–Crippen LogP) is 3.79. The lowest BCUT2D eigenvalue weighted by Gasteiger charge is -2.17. The number of nitrogens with zero attached hydrogens (tertiary/aromatic N) is 4. The van der Waals surface area contributed by atoms with Gasteiger partial charge < -0.3 is 9.88 Å². The van der Waals surface area contributed by atoms with E-state index in [1.165, 1.54) is 23.1 Å². The Hall–Kier alpha value is -1.85. The van der Waals surface area contributed by atoms with Gasteiger partial charge in [-0.25, -0.2) is 0 Å². The largest absolute Gasteiger partial charge is 0.316 e. The number of thioether (sulfide) groups is 1. The van der Waals surface area contributed by atoms with Gasteiger partial charge in [0.25, 0.3) is 0 Å². The summed E-state index contributed by atoms with van der Waals surface area (Å²) in [4.78, 5) is 13.8. The molecule has 1 N–H and O–H groups in total. The van der Waals surface area contributed by atoms with Gasteiger partial charge in [0.1, 0.15) is 16.9 Å². The number of rotatable bonds is 4. The number of carbonyl (C=O) groups is 1. The van der Waals surface area contributed by atoms with E-state index in [-0.39, 0.29) is 11.7 Å². The van der Waals surface area contributed by atoms with E-state index in [1.807, 2.05) is 0 Å². The molecule has 0 fully saturated rings. The summed E-state index contributed by atoms with van der Waals surface area (Å²) in [6, 6.07) is 2.30. The molecule has 0 spiro atoms. The third-order valence-corrected chi connectivity index (χ3v) is 7.42. The average molecular weight is 402 g/mol. The first-order valence-electron chi connectivity index (χ1n) is 9.55. The maximum atomic E-state index is 12.5. The molecule has 0 unspecified atom stereocenters. The van der Waals surface area contributed by atoms with Crippen molar-refractivity contribution in [2.75, 3.05) is 11.1 Å². The maximum Gasteiger partial charge on any atom is 0.235 e. The van der Waals surface area contributed by atoms with Crippen molar-refractivity contribution >= 4 is 34.0 Å². The number of amides is 1. The van der Waals surface area contributed by atoms with Gasteiger partial charge in [-0.15, -0.1) is 21.5 Å². The lowest BCUT2D eigenvalue weighted by atomic mass is 9.89. The molecule has 1 aliphatic heterocycles. The van der Waals surface area contributed by atoms with E-state index in [9.17, 15) is 10.1 Å². The number of nitrogens with one attached hydrogen (secondary N) is 1. The van der Waals surface area contributed by atoms with E-state index in [1.54, 1.807) is 11.3 Å². The molecule has 142 valence electrons. The number of thiophene rings is 1. The number of carbonyl (C=O) groups excluding carboxylic acids is 1. The number of hydrogen-bond donors (Lipinski definition) is 1. The molecule has 2 aromatic heterocycles. The smallest absolute Gasteiger partial charge is 0.235 e. The second-order valence-corrected chi connectivity index (χ2v) is 9.41. The summed E-state index contributed by atoms with van der Waals surface area (Å²) in [6.45, 7) is 3.17. The zero-order chi connectivity index (χ0) is 18.8. The van der Waals surface area contributed by atoms with Gasteiger partial charge in [0.15, 0.2) is 5.16 Å². The summed E-state index contributed by atoms with van der Waals surface area (Å²) in [5.41, 5.74) is 1.81. The average Bonchev–Trinajstić information content (AvgIpc) is 3.10. The highest BCUT2D eigenvalue weighted by Crippen LogP contribution is 2.39. The highest BCUT2D eigenvalue weighted by molar-refractivity contribution is 7.99. The summed E-state index contributed by atoms with van der Waals surface area (Å²) in [5.74, 6) is 1.86. The van der Waals surface area contributed by atoms with Gasteiger partial charge in [0, 0.05) is 17.8 Å². The number of nitriles is 1. The van der Waals surface area contributed by atoms with Crippen LogP contribution in [-0.4, -0.2) is 26.4 Å². The topological polar surface area (TPSA) is 83.6 Å². The first-order chi connectivity index (χ1) is 13.2. The molecule has 0 saturated carbocycles. The fourth-order valence-electron chi connectivity index (χ4n) is 3.82. The van der Waals surface area contributed by atoms with Crippen LogP contribution in [0.25, 0.3) is 0 Å². The van der Waals surface area contributed by atoms with Gasteiger partial charge in [-0.2, -0.15) is 5.26 Å². The number of fused-ring (bicyclic) bond motifs is 2. The van der Waals surface area contributed by atoms with Gasteiger partial charge in [0.2, 0.25) is 5.91 Å². The van der Waals surface area contributed by atoms with Gasteiger partial charge in [-0.3, -0.25) is 4.79 Å². The fraction of sp³-hybridized carbons (Fsp3) is 0.579. The lowest BCUT2D eigenvalue weighted by Crippen LogP contribution is -2.15. The Balaban J connectivity index is 1.42. The number of hydrogen-bond acceptors (Lipinski definition) is 6. The molecule has 2 aliphatic rings. The van der Waals surface area contributed by atoms with E-state index in [0.717, 1.165) is 61.6 Å². The van der Waals surface area contributed by atoms with Crippen LogP contribution in [0.2, 0.25) is 0 Å². The normalized spacial score (nSPS) is 18.9. The van der Waals surface area contributed by atoms with Crippen molar-refractivity contribution in [2.45, 2.75) is 63.6 Å². The van der Waals surface area contributed by atoms with Crippen molar-refractivity contribution in [3.05, 3.63) is 21.8 Å². The molecular weight excluding hydrogens is 378 g/mol. The molecule has 27 heavy (non-hydrogen) atoms. The Morgan fingerprint density at radius 2 is 2.26 bits per heavy atom. The van der Waals surface area contributed by atoms with E-state index < -0.39 is 0 Å². The molecule has 1 atom stereocenters. The van der Waals surface area contributed by atoms with Crippen LogP contribution in [0.3, 0.4) is 0 Å². The van der Waals surface area contributed by atoms with Crippen LogP contribution >= 0.6 is 23.1 Å². The second kappa shape index (κ2) is 8.03. The molecule has 6 nitrogen and oxygen atoms in total. The Morgan fingerprint density at radius 3 is 3.11 bits per heavy atom. The monoisotopic (exact) mass is 401 g/mol. The molecule has 1 amide bonds. The van der Waals surface area contributed by atoms with Crippen LogP contribution in [-0.2, 0) is 30.6 Å². The molecule has 4 rings (SSSR count). The minimum absolute atomic E-state index is 0.0888. The van der Waals surface area contributed by atoms with E-state index >= 15 is 0 Å². The van der Waals surface area contributed by atoms with E-state index in [2.05, 4.69) is 33.1 Å². The minimum Gasteiger partial charge on any atom is -0.316 e. The molecule has 3 heterocycles. The standard InChI is InChI=1S/C19H23N5OS2/c1-12-6-7-13-14(10-20)18(27-15(13)9-12)21-17(25)11-26-19-23-22-16-5-3-2-4-8-24(16)19/h12H,2-9,11H2,1H3,(H,21,25)/t12-/m1/s1. The van der Waals surface area contributed by atoms with Crippen molar-refractivity contribution in [2.24, 2.45) is 5.92 Å². The Bertz CT molecular complexity index is 895. The minimum atomic E-state index is -0.0888. The van der Waals surface area contributed by atoms with Gasteiger partial charge in [-0.05, 0) is 43.6 Å². The van der Waals surface area contributed by atoms with Crippen molar-refractivity contribution < 1.29 is 4.79 Å². The number of anilines is 1. The molecule has 2 aromatic rings. The third kappa shape index (κ3) is 3.90. The highest BCUT2D eigenvalue weighted by Gasteiger charge is 2.25. The molecular formula is C19H23N5OS2. The van der Waals surface area contributed by atoms with Gasteiger partial charge >= 0.3 is 0 Å². The Labute approximate surface area is 167 Å². The van der Waals surface area contributed by atoms with Crippen LogP contribution in [0.4, 0.5) is 5.00 Å². The fourth-order valence-corrected chi connectivity index (χ4v) is 5.98. The van der Waals surface area contributed by atoms with Crippen LogP contribution in [0.1, 0.15) is 54.4 Å². The predicted molar refractivity (Wildman–Crippen MR) is 107 cm³/mol. The number of aromatic nitrogens is 3. The zero-order valence-electron chi connectivity index (χ0n) is 15.5. The quantitative estimate of drug-likeness (QED) is 0.788. The highest BCUT2D eigenvalue weighted by atomic mass is 32.2. The SMILES string of the molecule is C[C@@H]1CCc2c(sc(NC(=O)CSc3nnc4n3CCCCC4)c2C#N)C1. The maximum absolute atomic E-state index is 12.5. The van der Waals surface area contributed by atoms with Crippen molar-refractivity contribution in [1.29, 1.82) is 5.26 Å². The van der Waals surface area contributed by atoms with Crippen molar-refractivity contribution in [3.63, 3.8) is 0 Å². The summed E-state index contributed by atoms with van der Waals surface area (Å²) >= 11 is 3.00. The van der Waals surface area contributed by atoms with Crippen LogP contribution in [0, 0.1) is 17.2 Å². The summed E-state index contributed by atoms with van der Waals surface area (Å²) in [5, 5.41) is 22.6. The van der Waals surface area contributed by atoms with E-state index in [4.69, 9.17) is 0 Å². The Kier molecular flexibility index (Phi) is 5.50. The molecule has 0 radical (unpaired) electrons. The van der Waals surface area contributed by atoms with Gasteiger partial charge in [0.05, 0.1) is 11.3 Å². The second-order valence-electron chi connectivity index (χ2n) is 7.37. The summed E-state index contributed by atoms with van der Waals surface area (Å²) in [6.07, 6.45) is 7.52. The zero-order valence-corrected chi connectivity index (χ0v) is 17.1. The van der Waals surface area contributed by atoms with Crippen LogP contribution in [0.5, 0.6) is 0 Å². The first kappa shape index (κ1) is 18.5. The summed E-state index contributed by atoms with van der Waals surface area (Å²) in [7, 11) is 0. The lowest BCUT2D eigenvalue weighted by molar-refractivity contribution is -0.113. The third-order valence-electron chi connectivity index (χ3n) is 5.28. The van der Waals surface area contributed by atoms with Crippen molar-refractivity contribution in [1.82, 2.24) is 14.8 Å². The Morgan fingerprint density at radius 1 is 1.37 bits per heavy atom. The van der Waals surface area contributed by atoms with Crippen molar-refractivity contribution in [3.8, 4) is 6.07 Å². The molecule has 1 aliphatic carbocycles. The number of aryl methyl sites for hydroxylation is 1. The molecule has 8 heteroatoms. The van der Waals surface area contributed by atoms with E-state index in [0.29, 0.717) is 16.5 Å². The first-order valence-corrected chi connectivity index (χ1v) is 11.3. The molecule has 0 bridgehead atoms.